The Morgan fingerprint density at radius 1 is 1.27 bits per heavy atom. The molecule has 1 aromatic heterocycles. The first-order valence-corrected chi connectivity index (χ1v) is 11.4. The van der Waals surface area contributed by atoms with Gasteiger partial charge in [0.2, 0.25) is 10.0 Å². The molecule has 0 spiro atoms. The fraction of sp³-hybridized carbons (Fsp3) is 0.526. The highest BCUT2D eigenvalue weighted by molar-refractivity contribution is 7.89. The topological polar surface area (TPSA) is 97.6 Å². The zero-order valence-corrected chi connectivity index (χ0v) is 17.9. The molecule has 1 aliphatic rings. The van der Waals surface area contributed by atoms with Gasteiger partial charge < -0.3 is 9.64 Å². The van der Waals surface area contributed by atoms with Crippen molar-refractivity contribution < 1.29 is 22.3 Å². The van der Waals surface area contributed by atoms with Crippen molar-refractivity contribution in [3.63, 3.8) is 0 Å². The average Bonchev–Trinajstić information content (AvgIpc) is 3.11. The Morgan fingerprint density at radius 2 is 2.00 bits per heavy atom. The SMILES string of the molecule is CCCN1CCS(=O)(=O)N(Cc2cn(Cc3ccc(F)cc3)nn2)C(C(=O)OC)C1. The lowest BCUT2D eigenvalue weighted by atomic mass is 10.2. The highest BCUT2D eigenvalue weighted by Gasteiger charge is 2.40. The number of ether oxygens (including phenoxy) is 1. The number of sulfonamides is 1. The predicted molar refractivity (Wildman–Crippen MR) is 107 cm³/mol. The molecule has 30 heavy (non-hydrogen) atoms. The van der Waals surface area contributed by atoms with Crippen LogP contribution in [0.15, 0.2) is 30.5 Å². The lowest BCUT2D eigenvalue weighted by Gasteiger charge is -2.27. The largest absolute Gasteiger partial charge is 0.468 e. The van der Waals surface area contributed by atoms with E-state index in [1.54, 1.807) is 23.0 Å². The third kappa shape index (κ3) is 5.41. The number of aromatic nitrogens is 3. The summed E-state index contributed by atoms with van der Waals surface area (Å²) in [5.74, 6) is -1.000. The third-order valence-corrected chi connectivity index (χ3v) is 6.77. The molecule has 0 saturated carbocycles. The number of esters is 1. The fourth-order valence-electron chi connectivity index (χ4n) is 3.46. The predicted octanol–water partition coefficient (Wildman–Crippen LogP) is 0.864. The minimum absolute atomic E-state index is 0.0779. The van der Waals surface area contributed by atoms with Crippen molar-refractivity contribution >= 4 is 16.0 Å². The monoisotopic (exact) mass is 439 g/mol. The van der Waals surface area contributed by atoms with Crippen molar-refractivity contribution in [2.45, 2.75) is 32.5 Å². The molecule has 164 valence electrons. The van der Waals surface area contributed by atoms with Crippen LogP contribution in [0, 0.1) is 5.82 Å². The second-order valence-corrected chi connectivity index (χ2v) is 9.28. The van der Waals surface area contributed by atoms with Crippen molar-refractivity contribution in [2.24, 2.45) is 0 Å². The van der Waals surface area contributed by atoms with Gasteiger partial charge in [0.05, 0.1) is 37.8 Å². The van der Waals surface area contributed by atoms with Crippen LogP contribution in [0.2, 0.25) is 0 Å². The van der Waals surface area contributed by atoms with Gasteiger partial charge in [0.1, 0.15) is 11.9 Å². The van der Waals surface area contributed by atoms with Gasteiger partial charge in [-0.1, -0.05) is 24.3 Å². The van der Waals surface area contributed by atoms with Gasteiger partial charge in [0, 0.05) is 13.1 Å². The van der Waals surface area contributed by atoms with Gasteiger partial charge in [0.25, 0.3) is 0 Å². The summed E-state index contributed by atoms with van der Waals surface area (Å²) in [6, 6.07) is 5.06. The molecule has 2 heterocycles. The second-order valence-electron chi connectivity index (χ2n) is 7.23. The van der Waals surface area contributed by atoms with E-state index in [1.165, 1.54) is 23.5 Å². The van der Waals surface area contributed by atoms with Crippen molar-refractivity contribution in [3.05, 3.63) is 47.5 Å². The molecule has 1 aromatic carbocycles. The van der Waals surface area contributed by atoms with Crippen molar-refractivity contribution in [3.8, 4) is 0 Å². The number of hydrogen-bond donors (Lipinski definition) is 0. The molecule has 0 aliphatic carbocycles. The first-order valence-electron chi connectivity index (χ1n) is 9.75. The Morgan fingerprint density at radius 3 is 2.67 bits per heavy atom. The van der Waals surface area contributed by atoms with E-state index in [1.807, 2.05) is 11.8 Å². The summed E-state index contributed by atoms with van der Waals surface area (Å²) in [6.45, 7) is 3.62. The molecule has 1 unspecified atom stereocenters. The van der Waals surface area contributed by atoms with Gasteiger partial charge in [0.15, 0.2) is 0 Å². The van der Waals surface area contributed by atoms with Crippen molar-refractivity contribution in [2.75, 3.05) is 32.5 Å². The van der Waals surface area contributed by atoms with E-state index in [9.17, 15) is 17.6 Å². The number of carbonyl (C=O) groups excluding carboxylic acids is 1. The van der Waals surface area contributed by atoms with E-state index in [0.717, 1.165) is 12.0 Å². The van der Waals surface area contributed by atoms with Crippen LogP contribution in [-0.4, -0.2) is 77.1 Å². The molecule has 0 bridgehead atoms. The van der Waals surface area contributed by atoms with Gasteiger partial charge in [-0.15, -0.1) is 5.10 Å². The minimum atomic E-state index is -3.70. The van der Waals surface area contributed by atoms with Crippen LogP contribution in [0.5, 0.6) is 0 Å². The normalized spacial score (nSPS) is 20.0. The summed E-state index contributed by atoms with van der Waals surface area (Å²) in [7, 11) is -2.44. The molecule has 9 nitrogen and oxygen atoms in total. The summed E-state index contributed by atoms with van der Waals surface area (Å²) in [5, 5.41) is 8.09. The Hall–Kier alpha value is -2.37. The maximum Gasteiger partial charge on any atom is 0.325 e. The minimum Gasteiger partial charge on any atom is -0.468 e. The van der Waals surface area contributed by atoms with E-state index >= 15 is 0 Å². The Kier molecular flexibility index (Phi) is 7.16. The lowest BCUT2D eigenvalue weighted by molar-refractivity contribution is -0.145. The van der Waals surface area contributed by atoms with Crippen LogP contribution >= 0.6 is 0 Å². The zero-order valence-electron chi connectivity index (χ0n) is 17.1. The molecule has 0 radical (unpaired) electrons. The summed E-state index contributed by atoms with van der Waals surface area (Å²) < 4.78 is 46.5. The van der Waals surface area contributed by atoms with Crippen LogP contribution in [0.4, 0.5) is 4.39 Å². The lowest BCUT2D eigenvalue weighted by Crippen LogP contribution is -2.48. The smallest absolute Gasteiger partial charge is 0.325 e. The quantitative estimate of drug-likeness (QED) is 0.591. The van der Waals surface area contributed by atoms with Gasteiger partial charge in [-0.05, 0) is 30.7 Å². The van der Waals surface area contributed by atoms with Gasteiger partial charge in [-0.3, -0.25) is 4.79 Å². The van der Waals surface area contributed by atoms with E-state index in [4.69, 9.17) is 4.74 Å². The first-order chi connectivity index (χ1) is 14.3. The van der Waals surface area contributed by atoms with Crippen molar-refractivity contribution in [1.82, 2.24) is 24.2 Å². The highest BCUT2D eigenvalue weighted by Crippen LogP contribution is 2.19. The molecular weight excluding hydrogens is 413 g/mol. The molecule has 1 atom stereocenters. The Labute approximate surface area is 175 Å². The van der Waals surface area contributed by atoms with Crippen molar-refractivity contribution in [1.29, 1.82) is 0 Å². The molecular formula is C19H26FN5O4S. The summed E-state index contributed by atoms with van der Waals surface area (Å²) in [6.07, 6.45) is 2.48. The van der Waals surface area contributed by atoms with Gasteiger partial charge in [-0.2, -0.15) is 4.31 Å². The summed E-state index contributed by atoms with van der Waals surface area (Å²) in [5.41, 5.74) is 1.25. The molecule has 3 rings (SSSR count). The maximum absolute atomic E-state index is 13.1. The van der Waals surface area contributed by atoms with Crippen LogP contribution in [0.3, 0.4) is 0 Å². The van der Waals surface area contributed by atoms with E-state index in [-0.39, 0.29) is 24.7 Å². The number of nitrogens with zero attached hydrogens (tertiary/aromatic N) is 5. The zero-order chi connectivity index (χ0) is 21.7. The molecule has 1 fully saturated rings. The molecule has 1 aliphatic heterocycles. The Bertz CT molecular complexity index is 964. The number of benzene rings is 1. The second kappa shape index (κ2) is 9.63. The maximum atomic E-state index is 13.1. The van der Waals surface area contributed by atoms with Gasteiger partial charge >= 0.3 is 5.97 Å². The number of halogens is 1. The fourth-order valence-corrected chi connectivity index (χ4v) is 5.06. The third-order valence-electron chi connectivity index (χ3n) is 4.98. The number of methoxy groups -OCH3 is 1. The molecule has 11 heteroatoms. The molecule has 1 saturated heterocycles. The Balaban J connectivity index is 1.80. The van der Waals surface area contributed by atoms with Crippen LogP contribution in [0.25, 0.3) is 0 Å². The summed E-state index contributed by atoms with van der Waals surface area (Å²) >= 11 is 0. The van der Waals surface area contributed by atoms with Crippen LogP contribution < -0.4 is 0 Å². The highest BCUT2D eigenvalue weighted by atomic mass is 32.2. The van der Waals surface area contributed by atoms with E-state index < -0.39 is 22.0 Å². The standard InChI is InChI=1S/C19H26FN5O4S/c1-3-8-23-9-10-30(27,28)25(18(14-23)19(26)29-2)13-17-12-24(22-21-17)11-15-4-6-16(20)7-5-15/h4-7,12,18H,3,8-11,13-14H2,1-2H3. The van der Waals surface area contributed by atoms with Crippen LogP contribution in [0.1, 0.15) is 24.6 Å². The number of carbonyl (C=O) groups is 1. The first kappa shape index (κ1) is 22.3. The van der Waals surface area contributed by atoms with Crippen LogP contribution in [-0.2, 0) is 32.6 Å². The number of rotatable bonds is 7. The summed E-state index contributed by atoms with van der Waals surface area (Å²) in [4.78, 5) is 14.4. The van der Waals surface area contributed by atoms with E-state index in [0.29, 0.717) is 25.3 Å². The number of hydrogen-bond acceptors (Lipinski definition) is 7. The van der Waals surface area contributed by atoms with Gasteiger partial charge in [-0.25, -0.2) is 17.5 Å². The molecule has 2 aromatic rings. The molecule has 0 N–H and O–H groups in total. The molecule has 0 amide bonds. The average molecular weight is 440 g/mol. The van der Waals surface area contributed by atoms with E-state index in [2.05, 4.69) is 10.3 Å².